The number of benzene rings is 1. The van der Waals surface area contributed by atoms with E-state index in [-0.39, 0.29) is 16.9 Å². The number of rotatable bonds is 4. The molecule has 156 valence electrons. The lowest BCUT2D eigenvalue weighted by Gasteiger charge is -2.17. The van der Waals surface area contributed by atoms with Crippen molar-refractivity contribution < 1.29 is 17.9 Å². The van der Waals surface area contributed by atoms with Crippen LogP contribution in [0.2, 0.25) is 0 Å². The SMILES string of the molecule is Cc1ccnc(OC(C)C)c1Nc1[nH]ccn2cc3c(C(F)(F)F)cc(=O)cc3c12. The molecule has 9 heteroatoms. The zero-order valence-electron chi connectivity index (χ0n) is 16.5. The van der Waals surface area contributed by atoms with Crippen LogP contribution in [0.1, 0.15) is 25.0 Å². The number of nitrogens with one attached hydrogen (secondary N) is 2. The summed E-state index contributed by atoms with van der Waals surface area (Å²) in [5.74, 6) is 0.785. The molecule has 0 radical (unpaired) electrons. The molecule has 0 unspecified atom stereocenters. The third kappa shape index (κ3) is 3.47. The van der Waals surface area contributed by atoms with Crippen molar-refractivity contribution in [2.24, 2.45) is 0 Å². The highest BCUT2D eigenvalue weighted by Crippen LogP contribution is 2.38. The number of H-pyrrole nitrogens is 1. The Labute approximate surface area is 169 Å². The van der Waals surface area contributed by atoms with Crippen molar-refractivity contribution in [1.29, 1.82) is 0 Å². The van der Waals surface area contributed by atoms with Crippen molar-refractivity contribution in [2.75, 3.05) is 5.32 Å². The predicted molar refractivity (Wildman–Crippen MR) is 109 cm³/mol. The third-order valence-electron chi connectivity index (χ3n) is 4.66. The fourth-order valence-electron chi connectivity index (χ4n) is 3.41. The van der Waals surface area contributed by atoms with Crippen molar-refractivity contribution in [3.63, 3.8) is 0 Å². The molecule has 0 aliphatic rings. The molecule has 4 rings (SSSR count). The second kappa shape index (κ2) is 7.08. The first-order valence-corrected chi connectivity index (χ1v) is 9.27. The highest BCUT2D eigenvalue weighted by atomic mass is 19.4. The summed E-state index contributed by atoms with van der Waals surface area (Å²) in [6.07, 6.45) is 1.41. The molecule has 3 aromatic heterocycles. The second-order valence-corrected chi connectivity index (χ2v) is 7.25. The lowest BCUT2D eigenvalue weighted by Crippen LogP contribution is -2.10. The van der Waals surface area contributed by atoms with Gasteiger partial charge in [-0.25, -0.2) is 4.98 Å². The van der Waals surface area contributed by atoms with Crippen LogP contribution in [0.25, 0.3) is 16.3 Å². The second-order valence-electron chi connectivity index (χ2n) is 7.25. The van der Waals surface area contributed by atoms with Crippen molar-refractivity contribution in [1.82, 2.24) is 14.4 Å². The number of aromatic nitrogens is 3. The van der Waals surface area contributed by atoms with Gasteiger partial charge in [0.1, 0.15) is 11.5 Å². The van der Waals surface area contributed by atoms with Crippen LogP contribution in [-0.2, 0) is 6.18 Å². The van der Waals surface area contributed by atoms with E-state index >= 15 is 0 Å². The molecule has 6 nitrogen and oxygen atoms in total. The first-order valence-electron chi connectivity index (χ1n) is 9.27. The number of halogens is 3. The third-order valence-corrected chi connectivity index (χ3v) is 4.66. The van der Waals surface area contributed by atoms with Gasteiger partial charge < -0.3 is 19.4 Å². The molecular weight excluding hydrogens is 397 g/mol. The van der Waals surface area contributed by atoms with E-state index in [1.807, 2.05) is 20.8 Å². The van der Waals surface area contributed by atoms with Crippen LogP contribution in [0.3, 0.4) is 0 Å². The Morgan fingerprint density at radius 1 is 1.23 bits per heavy atom. The lowest BCUT2D eigenvalue weighted by molar-refractivity contribution is -0.136. The number of hydrogen-bond acceptors (Lipinski definition) is 4. The average molecular weight is 416 g/mol. The molecule has 0 bridgehead atoms. The van der Waals surface area contributed by atoms with Crippen LogP contribution < -0.4 is 15.5 Å². The number of aryl methyl sites for hydroxylation is 1. The summed E-state index contributed by atoms with van der Waals surface area (Å²) in [5, 5.41) is 3.34. The summed E-state index contributed by atoms with van der Waals surface area (Å²) >= 11 is 0. The highest BCUT2D eigenvalue weighted by molar-refractivity contribution is 6.04. The van der Waals surface area contributed by atoms with E-state index in [4.69, 9.17) is 4.74 Å². The maximum absolute atomic E-state index is 13.5. The lowest BCUT2D eigenvalue weighted by atomic mass is 10.1. The molecule has 0 fully saturated rings. The van der Waals surface area contributed by atoms with E-state index < -0.39 is 17.2 Å². The Balaban J connectivity index is 1.96. The van der Waals surface area contributed by atoms with Gasteiger partial charge in [0.2, 0.25) is 5.88 Å². The maximum Gasteiger partial charge on any atom is 0.417 e. The summed E-state index contributed by atoms with van der Waals surface area (Å²) < 4.78 is 47.8. The fourth-order valence-corrected chi connectivity index (χ4v) is 3.41. The summed E-state index contributed by atoms with van der Waals surface area (Å²) in [4.78, 5) is 19.3. The van der Waals surface area contributed by atoms with Gasteiger partial charge in [-0.3, -0.25) is 4.79 Å². The van der Waals surface area contributed by atoms with Gasteiger partial charge in [-0.1, -0.05) is 0 Å². The zero-order valence-corrected chi connectivity index (χ0v) is 16.5. The van der Waals surface area contributed by atoms with Gasteiger partial charge >= 0.3 is 6.18 Å². The van der Waals surface area contributed by atoms with Crippen LogP contribution in [0, 0.1) is 6.92 Å². The van der Waals surface area contributed by atoms with E-state index in [2.05, 4.69) is 15.3 Å². The Hall–Kier alpha value is -3.49. The van der Waals surface area contributed by atoms with E-state index in [1.54, 1.807) is 29.1 Å². The number of fused-ring (bicyclic) bond motifs is 3. The highest BCUT2D eigenvalue weighted by Gasteiger charge is 2.34. The van der Waals surface area contributed by atoms with Crippen molar-refractivity contribution in [3.8, 4) is 5.88 Å². The van der Waals surface area contributed by atoms with E-state index in [1.165, 1.54) is 12.3 Å². The molecule has 0 amide bonds. The number of anilines is 2. The van der Waals surface area contributed by atoms with E-state index in [9.17, 15) is 18.0 Å². The Morgan fingerprint density at radius 2 is 2.00 bits per heavy atom. The van der Waals surface area contributed by atoms with Crippen LogP contribution in [0.4, 0.5) is 24.7 Å². The summed E-state index contributed by atoms with van der Waals surface area (Å²) in [6.45, 7) is 5.61. The van der Waals surface area contributed by atoms with Gasteiger partial charge in [0, 0.05) is 35.6 Å². The molecule has 0 spiro atoms. The minimum Gasteiger partial charge on any atom is -0.473 e. The number of aromatic amines is 1. The average Bonchev–Trinajstić information content (AvgIpc) is 3.01. The van der Waals surface area contributed by atoms with E-state index in [0.29, 0.717) is 29.0 Å². The summed E-state index contributed by atoms with van der Waals surface area (Å²) in [6, 6.07) is 3.63. The number of hydrogen-bond donors (Lipinski definition) is 2. The zero-order chi connectivity index (χ0) is 21.6. The molecule has 1 aromatic carbocycles. The molecule has 0 saturated carbocycles. The molecule has 0 aliphatic heterocycles. The van der Waals surface area contributed by atoms with Crippen LogP contribution in [-0.4, -0.2) is 20.5 Å². The van der Waals surface area contributed by atoms with Crippen LogP contribution in [0.5, 0.6) is 5.88 Å². The van der Waals surface area contributed by atoms with Crippen LogP contribution >= 0.6 is 0 Å². The van der Waals surface area contributed by atoms with Gasteiger partial charge in [-0.05, 0) is 44.5 Å². The molecular formula is C21H19F3N4O2. The largest absolute Gasteiger partial charge is 0.473 e. The van der Waals surface area contributed by atoms with Crippen LogP contribution in [0.15, 0.2) is 47.8 Å². The van der Waals surface area contributed by atoms with Gasteiger partial charge in [0.25, 0.3) is 0 Å². The molecule has 0 aliphatic carbocycles. The van der Waals surface area contributed by atoms with Crippen molar-refractivity contribution >= 4 is 27.8 Å². The quantitative estimate of drug-likeness (QED) is 0.489. The standard InChI is InChI=1S/C21H19F3N4O2/c1-11(2)30-20-17(12(3)4-5-26-20)27-19-18-14-8-13(29)9-16(21(22,23)24)15(14)10-28(18)7-6-25-19/h4-11,25,27H,1-3H3. The smallest absolute Gasteiger partial charge is 0.417 e. The molecule has 0 atom stereocenters. The Bertz CT molecular complexity index is 1310. The fraction of sp³-hybridized carbons (Fsp3) is 0.238. The normalized spacial score (nSPS) is 12.1. The molecule has 3 heterocycles. The Kier molecular flexibility index (Phi) is 4.68. The minimum absolute atomic E-state index is 0.0497. The van der Waals surface area contributed by atoms with Gasteiger partial charge in [0.05, 0.1) is 17.2 Å². The molecule has 0 saturated heterocycles. The predicted octanol–water partition coefficient (Wildman–Crippen LogP) is 5.03. The molecule has 4 aromatic rings. The maximum atomic E-state index is 13.5. The van der Waals surface area contributed by atoms with Gasteiger partial charge in [0.15, 0.2) is 5.43 Å². The number of pyridine rings is 1. The number of alkyl halides is 3. The molecule has 2 N–H and O–H groups in total. The Morgan fingerprint density at radius 3 is 2.70 bits per heavy atom. The first-order chi connectivity index (χ1) is 14.1. The first kappa shape index (κ1) is 19.8. The summed E-state index contributed by atoms with van der Waals surface area (Å²) in [7, 11) is 0. The molecule has 30 heavy (non-hydrogen) atoms. The van der Waals surface area contributed by atoms with Gasteiger partial charge in [-0.15, -0.1) is 0 Å². The van der Waals surface area contributed by atoms with Crippen molar-refractivity contribution in [2.45, 2.75) is 33.1 Å². The van der Waals surface area contributed by atoms with E-state index in [0.717, 1.165) is 5.56 Å². The monoisotopic (exact) mass is 416 g/mol. The minimum atomic E-state index is -4.64. The topological polar surface area (TPSA) is 71.4 Å². The number of nitrogens with zero attached hydrogens (tertiary/aromatic N) is 2. The number of ether oxygens (including phenoxy) is 1. The summed E-state index contributed by atoms with van der Waals surface area (Å²) in [5.41, 5.74) is 0.168. The van der Waals surface area contributed by atoms with Crippen molar-refractivity contribution in [3.05, 3.63) is 64.3 Å². The van der Waals surface area contributed by atoms with Gasteiger partial charge in [-0.2, -0.15) is 13.2 Å².